The number of hydrogen-bond donors (Lipinski definition) is 1. The number of carbonyl (C=O) groups is 2. The molecule has 1 aromatic carbocycles. The maximum atomic E-state index is 11.9. The molecule has 0 aliphatic rings. The second-order valence-electron chi connectivity index (χ2n) is 6.06. The summed E-state index contributed by atoms with van der Waals surface area (Å²) in [4.78, 5) is 51.0. The van der Waals surface area contributed by atoms with Gasteiger partial charge in [0.1, 0.15) is 10.6 Å². The molecule has 182 valence electrons. The molecule has 0 spiro atoms. The summed E-state index contributed by atoms with van der Waals surface area (Å²) in [5.41, 5.74) is 0. The molecular weight excluding hydrogens is 500 g/mol. The fourth-order valence-corrected chi connectivity index (χ4v) is 2.84. The third kappa shape index (κ3) is 13.8. The number of rotatable bonds is 15. The Morgan fingerprint density at radius 1 is 0.879 bits per heavy atom. The van der Waals surface area contributed by atoms with Crippen LogP contribution in [-0.2, 0) is 29.4 Å². The minimum atomic E-state index is -4.85. The summed E-state index contributed by atoms with van der Waals surface area (Å²) in [5.74, 6) is -2.39. The van der Waals surface area contributed by atoms with E-state index in [1.54, 1.807) is 0 Å². The van der Waals surface area contributed by atoms with Crippen LogP contribution in [0, 0.1) is 20.2 Å². The number of hydrogen-bond acceptors (Lipinski definition) is 12. The van der Waals surface area contributed by atoms with Crippen LogP contribution in [0.15, 0.2) is 23.1 Å². The zero-order valence-corrected chi connectivity index (χ0v) is 17.4. The van der Waals surface area contributed by atoms with E-state index in [2.05, 4.69) is 9.68 Å². The average Bonchev–Trinajstić information content (AvgIpc) is 2.67. The van der Waals surface area contributed by atoms with E-state index in [4.69, 9.17) is 9.47 Å². The molecular formula is C16H22CaN2O13S. The van der Waals surface area contributed by atoms with Gasteiger partial charge >= 0.3 is 49.7 Å². The van der Waals surface area contributed by atoms with Gasteiger partial charge in [-0.05, 0) is 37.8 Å². The van der Waals surface area contributed by atoms with E-state index in [-0.39, 0.29) is 95.2 Å². The van der Waals surface area contributed by atoms with Crippen molar-refractivity contribution in [2.75, 3.05) is 13.2 Å². The van der Waals surface area contributed by atoms with Crippen LogP contribution in [0.4, 0.5) is 0 Å². The molecule has 0 aliphatic carbocycles. The van der Waals surface area contributed by atoms with Gasteiger partial charge in [0.05, 0.1) is 13.2 Å². The van der Waals surface area contributed by atoms with Gasteiger partial charge in [0.25, 0.3) is 20.3 Å². The average molecular weight is 522 g/mol. The van der Waals surface area contributed by atoms with E-state index in [0.29, 0.717) is 0 Å². The van der Waals surface area contributed by atoms with Crippen LogP contribution in [0.5, 0.6) is 11.5 Å². The zero-order chi connectivity index (χ0) is 24.1. The van der Waals surface area contributed by atoms with E-state index >= 15 is 0 Å². The standard InChI is InChI=1S/C16H20N2O13S.Ca.2H/c19-15(5-1-3-9-28-17(21)22)30-12-7-8-13(14(11-12)32(25,26)27)31-16(20)6-2-4-10-29-18(23)24;;;/h7-8,11H,1-6,9-10H2,(H,25,26,27);;;. The Balaban J connectivity index is 0.0000102. The molecule has 0 unspecified atom stereocenters. The van der Waals surface area contributed by atoms with Crippen molar-refractivity contribution in [2.24, 2.45) is 0 Å². The Kier molecular flexibility index (Phi) is 14.5. The van der Waals surface area contributed by atoms with E-state index in [0.717, 1.165) is 18.2 Å². The van der Waals surface area contributed by atoms with Crippen LogP contribution in [0.2, 0.25) is 0 Å². The number of benzene rings is 1. The van der Waals surface area contributed by atoms with Gasteiger partial charge in [-0.2, -0.15) is 8.42 Å². The van der Waals surface area contributed by atoms with Crippen molar-refractivity contribution in [2.45, 2.75) is 43.4 Å². The summed E-state index contributed by atoms with van der Waals surface area (Å²) < 4.78 is 42.5. The molecule has 0 radical (unpaired) electrons. The summed E-state index contributed by atoms with van der Waals surface area (Å²) in [6, 6.07) is 2.93. The molecule has 33 heavy (non-hydrogen) atoms. The van der Waals surface area contributed by atoms with Crippen LogP contribution in [-0.4, -0.2) is 86.0 Å². The summed E-state index contributed by atoms with van der Waals surface area (Å²) in [6.45, 7) is -0.421. The molecule has 0 fully saturated rings. The Labute approximate surface area is 217 Å². The zero-order valence-electron chi connectivity index (χ0n) is 16.5. The van der Waals surface area contributed by atoms with Crippen LogP contribution in [0.3, 0.4) is 0 Å². The quantitative estimate of drug-likeness (QED) is 0.0636. The number of nitrogens with zero attached hydrogens (tertiary/aromatic N) is 2. The van der Waals surface area contributed by atoms with Crippen molar-refractivity contribution >= 4 is 59.8 Å². The molecule has 0 bridgehead atoms. The summed E-state index contributed by atoms with van der Waals surface area (Å²) in [6.07, 6.45) is 0.409. The van der Waals surface area contributed by atoms with Crippen LogP contribution in [0.1, 0.15) is 38.5 Å². The summed E-state index contributed by atoms with van der Waals surface area (Å²) >= 11 is 0. The van der Waals surface area contributed by atoms with Crippen molar-refractivity contribution in [3.8, 4) is 11.5 Å². The first-order chi connectivity index (χ1) is 15.0. The molecule has 0 aromatic heterocycles. The fraction of sp³-hybridized carbons (Fsp3) is 0.500. The van der Waals surface area contributed by atoms with Gasteiger partial charge in [-0.3, -0.25) is 14.1 Å². The van der Waals surface area contributed by atoms with E-state index in [1.165, 1.54) is 0 Å². The van der Waals surface area contributed by atoms with Crippen molar-refractivity contribution in [3.05, 3.63) is 38.4 Å². The molecule has 15 nitrogen and oxygen atoms in total. The number of unbranched alkanes of at least 4 members (excludes halogenated alkanes) is 2. The van der Waals surface area contributed by atoms with Gasteiger partial charge in [0.2, 0.25) is 0 Å². The first-order valence-electron chi connectivity index (χ1n) is 9.06. The fourth-order valence-electron chi connectivity index (χ4n) is 2.21. The van der Waals surface area contributed by atoms with E-state index in [9.17, 15) is 42.8 Å². The van der Waals surface area contributed by atoms with Crippen LogP contribution >= 0.6 is 0 Å². The first-order valence-corrected chi connectivity index (χ1v) is 10.5. The van der Waals surface area contributed by atoms with Gasteiger partial charge in [0, 0.05) is 18.9 Å². The molecule has 17 heteroatoms. The van der Waals surface area contributed by atoms with Gasteiger partial charge < -0.3 is 19.1 Å². The summed E-state index contributed by atoms with van der Waals surface area (Å²) in [5, 5.41) is 18.1. The van der Waals surface area contributed by atoms with E-state index in [1.807, 2.05) is 0 Å². The predicted molar refractivity (Wildman–Crippen MR) is 110 cm³/mol. The monoisotopic (exact) mass is 522 g/mol. The topological polar surface area (TPSA) is 212 Å². The summed E-state index contributed by atoms with van der Waals surface area (Å²) in [7, 11) is -4.85. The molecule has 0 saturated heterocycles. The number of esters is 2. The Hall–Kier alpha value is -2.27. The van der Waals surface area contributed by atoms with Crippen LogP contribution < -0.4 is 9.47 Å². The Morgan fingerprint density at radius 3 is 1.82 bits per heavy atom. The van der Waals surface area contributed by atoms with Gasteiger partial charge in [0.15, 0.2) is 5.75 Å². The molecule has 0 aliphatic heterocycles. The minimum absolute atomic E-state index is 0. The second-order valence-corrected chi connectivity index (χ2v) is 7.45. The second kappa shape index (κ2) is 15.5. The van der Waals surface area contributed by atoms with Crippen molar-refractivity contribution in [3.63, 3.8) is 0 Å². The maximum absolute atomic E-state index is 11.9. The Bertz CT molecular complexity index is 938. The molecule has 0 amide bonds. The molecule has 0 atom stereocenters. The van der Waals surface area contributed by atoms with Gasteiger partial charge in [-0.1, -0.05) is 0 Å². The first kappa shape index (κ1) is 30.7. The molecule has 0 saturated carbocycles. The molecule has 1 aromatic rings. The van der Waals surface area contributed by atoms with Crippen molar-refractivity contribution in [1.29, 1.82) is 0 Å². The van der Waals surface area contributed by atoms with E-state index < -0.39 is 42.9 Å². The number of carbonyl (C=O) groups excluding carboxylic acids is 2. The third-order valence-corrected chi connectivity index (χ3v) is 4.47. The van der Waals surface area contributed by atoms with Crippen molar-refractivity contribution < 1.29 is 51.9 Å². The molecule has 1 N–H and O–H groups in total. The SMILES string of the molecule is O=C(CCCCO[N+](=O)[O-])Oc1ccc(OC(=O)CCCCO[N+](=O)[O-])c(S(=O)(=O)O)c1.[CaH2]. The molecule has 1 rings (SSSR count). The molecule has 0 heterocycles. The Morgan fingerprint density at radius 2 is 1.36 bits per heavy atom. The van der Waals surface area contributed by atoms with Crippen molar-refractivity contribution in [1.82, 2.24) is 0 Å². The van der Waals surface area contributed by atoms with Crippen LogP contribution in [0.25, 0.3) is 0 Å². The van der Waals surface area contributed by atoms with Gasteiger partial charge in [-0.15, -0.1) is 20.2 Å². The van der Waals surface area contributed by atoms with Gasteiger partial charge in [-0.25, -0.2) is 0 Å². The third-order valence-electron chi connectivity index (χ3n) is 3.59. The predicted octanol–water partition coefficient (Wildman–Crippen LogP) is 0.585. The number of ether oxygens (including phenoxy) is 2. The normalized spacial score (nSPS) is 10.5.